The minimum atomic E-state index is 0.0303. The molecule has 1 unspecified atom stereocenters. The smallest absolute Gasteiger partial charge is 0.225 e. The normalized spacial score (nSPS) is 16.5. The monoisotopic (exact) mass is 418 g/mol. The van der Waals surface area contributed by atoms with Crippen molar-refractivity contribution in [2.75, 3.05) is 11.4 Å². The van der Waals surface area contributed by atoms with Crippen LogP contribution in [0.15, 0.2) is 16.7 Å². The highest BCUT2D eigenvalue weighted by Gasteiger charge is 2.23. The molecule has 1 atom stereocenters. The Hall–Kier alpha value is -1.51. The van der Waals surface area contributed by atoms with E-state index in [-0.39, 0.29) is 5.91 Å². The molecule has 5 nitrogen and oxygen atoms in total. The summed E-state index contributed by atoms with van der Waals surface area (Å²) in [4.78, 5) is 29.8. The van der Waals surface area contributed by atoms with Crippen LogP contribution in [0.2, 0.25) is 0 Å². The summed E-state index contributed by atoms with van der Waals surface area (Å²) in [5, 5.41) is 5.12. The molecule has 3 heterocycles. The maximum Gasteiger partial charge on any atom is 0.225 e. The van der Waals surface area contributed by atoms with Crippen molar-refractivity contribution < 1.29 is 4.79 Å². The van der Waals surface area contributed by atoms with E-state index in [9.17, 15) is 4.79 Å². The van der Waals surface area contributed by atoms with Crippen LogP contribution < -0.4 is 4.90 Å². The van der Waals surface area contributed by atoms with Crippen LogP contribution in [-0.2, 0) is 23.4 Å². The molecule has 0 bridgehead atoms. The second kappa shape index (κ2) is 7.85. The van der Waals surface area contributed by atoms with E-state index in [1.54, 1.807) is 29.9 Å². The molecule has 3 aromatic rings. The molecule has 142 valence electrons. The van der Waals surface area contributed by atoms with Crippen LogP contribution in [0.3, 0.4) is 0 Å². The van der Waals surface area contributed by atoms with Crippen LogP contribution in [0, 0.1) is 5.92 Å². The van der Waals surface area contributed by atoms with Gasteiger partial charge < -0.3 is 0 Å². The van der Waals surface area contributed by atoms with Crippen LogP contribution in [-0.4, -0.2) is 27.4 Å². The lowest BCUT2D eigenvalue weighted by molar-refractivity contribution is -0.116. The summed E-state index contributed by atoms with van der Waals surface area (Å²) in [5.74, 6) is 1.53. The van der Waals surface area contributed by atoms with Gasteiger partial charge in [0.1, 0.15) is 16.2 Å². The number of hydrogen-bond acceptors (Lipinski definition) is 7. The molecule has 0 aliphatic heterocycles. The summed E-state index contributed by atoms with van der Waals surface area (Å²) in [6.45, 7) is 6.52. The first-order valence-electron chi connectivity index (χ1n) is 9.17. The van der Waals surface area contributed by atoms with Crippen molar-refractivity contribution in [3.05, 3.63) is 27.8 Å². The summed E-state index contributed by atoms with van der Waals surface area (Å²) in [7, 11) is 0. The molecule has 0 fully saturated rings. The van der Waals surface area contributed by atoms with Crippen molar-refractivity contribution in [2.24, 2.45) is 5.92 Å². The number of amides is 1. The van der Waals surface area contributed by atoms with Gasteiger partial charge in [-0.05, 0) is 37.7 Å². The van der Waals surface area contributed by atoms with E-state index in [0.717, 1.165) is 45.2 Å². The van der Waals surface area contributed by atoms with Crippen molar-refractivity contribution in [1.82, 2.24) is 15.0 Å². The lowest BCUT2D eigenvalue weighted by Crippen LogP contribution is -2.27. The topological polar surface area (TPSA) is 59.0 Å². The molecule has 0 saturated heterocycles. The fourth-order valence-electron chi connectivity index (χ4n) is 3.48. The number of thioether (sulfide) groups is 1. The molecule has 4 rings (SSSR count). The molecule has 0 N–H and O–H groups in total. The Kier molecular flexibility index (Phi) is 5.48. The van der Waals surface area contributed by atoms with E-state index < -0.39 is 0 Å². The number of aryl methyl sites for hydroxylation is 1. The van der Waals surface area contributed by atoms with Crippen LogP contribution in [0.5, 0.6) is 0 Å². The molecular formula is C19H22N4OS3. The first-order valence-corrected chi connectivity index (χ1v) is 11.9. The minimum absolute atomic E-state index is 0.0303. The van der Waals surface area contributed by atoms with Gasteiger partial charge in [-0.1, -0.05) is 18.7 Å². The number of rotatable bonds is 5. The number of carbonyl (C=O) groups is 1. The molecule has 0 aromatic carbocycles. The van der Waals surface area contributed by atoms with Crippen molar-refractivity contribution in [3.63, 3.8) is 0 Å². The lowest BCUT2D eigenvalue weighted by atomic mass is 9.89. The van der Waals surface area contributed by atoms with Gasteiger partial charge in [0.05, 0.1) is 5.69 Å². The SMILES string of the molecule is CCN(C(C)=O)c1nc(CSc2ncnc3sc4c(c23)CCC(C)C4)cs1. The van der Waals surface area contributed by atoms with Gasteiger partial charge >= 0.3 is 0 Å². The fourth-order valence-corrected chi connectivity index (χ4v) is 6.85. The summed E-state index contributed by atoms with van der Waals surface area (Å²) < 4.78 is 0. The van der Waals surface area contributed by atoms with E-state index in [4.69, 9.17) is 0 Å². The summed E-state index contributed by atoms with van der Waals surface area (Å²) in [6.07, 6.45) is 5.21. The molecule has 3 aromatic heterocycles. The van der Waals surface area contributed by atoms with Crippen LogP contribution >= 0.6 is 34.4 Å². The molecule has 8 heteroatoms. The zero-order valence-corrected chi connectivity index (χ0v) is 18.1. The van der Waals surface area contributed by atoms with Crippen LogP contribution in [0.25, 0.3) is 10.2 Å². The average Bonchev–Trinajstić information content (AvgIpc) is 3.24. The van der Waals surface area contributed by atoms with Crippen molar-refractivity contribution in [3.8, 4) is 0 Å². The van der Waals surface area contributed by atoms with Gasteiger partial charge in [-0.3, -0.25) is 9.69 Å². The highest BCUT2D eigenvalue weighted by atomic mass is 32.2. The maximum atomic E-state index is 11.7. The number of thiazole rings is 1. The number of anilines is 1. The number of aromatic nitrogens is 3. The minimum Gasteiger partial charge on any atom is -0.289 e. The Labute approximate surface area is 171 Å². The van der Waals surface area contributed by atoms with Crippen LogP contribution in [0.4, 0.5) is 5.13 Å². The van der Waals surface area contributed by atoms with Gasteiger partial charge in [-0.15, -0.1) is 22.7 Å². The average molecular weight is 419 g/mol. The second-order valence-corrected chi connectivity index (χ2v) is 9.77. The predicted octanol–water partition coefficient (Wildman–Crippen LogP) is 4.94. The van der Waals surface area contributed by atoms with Gasteiger partial charge in [-0.25, -0.2) is 15.0 Å². The van der Waals surface area contributed by atoms with Gasteiger partial charge in [0.2, 0.25) is 5.91 Å². The third-order valence-corrected chi connectivity index (χ3v) is 7.98. The van der Waals surface area contributed by atoms with E-state index in [2.05, 4.69) is 21.9 Å². The molecule has 0 radical (unpaired) electrons. The third-order valence-electron chi connectivity index (χ3n) is 4.88. The standard InChI is InChI=1S/C19H22N4OS3/c1-4-23(12(3)24)19-22-13(9-26-19)8-25-17-16-14-6-5-11(2)7-15(14)27-18(16)21-10-20-17/h9-11H,4-8H2,1-3H3. The van der Waals surface area contributed by atoms with E-state index in [1.807, 2.05) is 23.6 Å². The van der Waals surface area contributed by atoms with Gasteiger partial charge in [-0.2, -0.15) is 0 Å². The van der Waals surface area contributed by atoms with E-state index in [0.29, 0.717) is 6.54 Å². The molecular weight excluding hydrogens is 396 g/mol. The number of nitrogens with zero attached hydrogens (tertiary/aromatic N) is 4. The summed E-state index contributed by atoms with van der Waals surface area (Å²) >= 11 is 5.07. The Morgan fingerprint density at radius 1 is 1.41 bits per heavy atom. The molecule has 1 aliphatic rings. The molecule has 0 spiro atoms. The lowest BCUT2D eigenvalue weighted by Gasteiger charge is -2.18. The molecule has 1 amide bonds. The Morgan fingerprint density at radius 3 is 3.04 bits per heavy atom. The van der Waals surface area contributed by atoms with Crippen molar-refractivity contribution in [2.45, 2.75) is 50.8 Å². The quantitative estimate of drug-likeness (QED) is 0.434. The second-order valence-electron chi connectivity index (χ2n) is 6.88. The fraction of sp³-hybridized carbons (Fsp3) is 0.474. The molecule has 1 aliphatic carbocycles. The zero-order valence-electron chi connectivity index (χ0n) is 15.7. The van der Waals surface area contributed by atoms with Gasteiger partial charge in [0, 0.05) is 34.9 Å². The van der Waals surface area contributed by atoms with E-state index in [1.165, 1.54) is 33.6 Å². The number of thiophene rings is 1. The molecule has 27 heavy (non-hydrogen) atoms. The van der Waals surface area contributed by atoms with Gasteiger partial charge in [0.15, 0.2) is 5.13 Å². The number of carbonyl (C=O) groups excluding carboxylic acids is 1. The molecule has 0 saturated carbocycles. The third kappa shape index (κ3) is 3.75. The summed E-state index contributed by atoms with van der Waals surface area (Å²) in [6, 6.07) is 0. The Bertz CT molecular complexity index is 981. The first-order chi connectivity index (χ1) is 13.1. The highest BCUT2D eigenvalue weighted by Crippen LogP contribution is 2.41. The van der Waals surface area contributed by atoms with E-state index >= 15 is 0 Å². The van der Waals surface area contributed by atoms with Crippen molar-refractivity contribution in [1.29, 1.82) is 0 Å². The number of fused-ring (bicyclic) bond motifs is 3. The predicted molar refractivity (Wildman–Crippen MR) is 114 cm³/mol. The first kappa shape index (κ1) is 18.8. The largest absolute Gasteiger partial charge is 0.289 e. The highest BCUT2D eigenvalue weighted by molar-refractivity contribution is 7.98. The summed E-state index contributed by atoms with van der Waals surface area (Å²) in [5.41, 5.74) is 2.45. The zero-order chi connectivity index (χ0) is 19.0. The van der Waals surface area contributed by atoms with Gasteiger partial charge in [0.25, 0.3) is 0 Å². The Morgan fingerprint density at radius 2 is 2.26 bits per heavy atom. The van der Waals surface area contributed by atoms with Crippen molar-refractivity contribution >= 4 is 55.7 Å². The maximum absolute atomic E-state index is 11.7. The van der Waals surface area contributed by atoms with Crippen LogP contribution in [0.1, 0.15) is 43.3 Å². The Balaban J connectivity index is 1.56. The number of hydrogen-bond donors (Lipinski definition) is 0.